The van der Waals surface area contributed by atoms with Gasteiger partial charge in [0.1, 0.15) is 65.7 Å². The fourth-order valence-corrected chi connectivity index (χ4v) is 15.4. The number of aliphatic hydroxyl groups is 3. The molecule has 3 aliphatic rings. The lowest BCUT2D eigenvalue weighted by Gasteiger charge is -2.25. The number of hydrogen-bond donors (Lipinski definition) is 6. The number of likely N-dealkylation sites (tertiary alicyclic amines) is 2. The van der Waals surface area contributed by atoms with Crippen LogP contribution >= 0.6 is 0 Å². The maximum atomic E-state index is 13.4. The van der Waals surface area contributed by atoms with Crippen LogP contribution in [0.1, 0.15) is 202 Å². The molecule has 2 aliphatic heterocycles. The van der Waals surface area contributed by atoms with E-state index in [0.717, 1.165) is 47.7 Å². The minimum atomic E-state index is -4.55. The minimum Gasteiger partial charge on any atom is -0.393 e. The summed E-state index contributed by atoms with van der Waals surface area (Å²) in [6.07, 6.45) is -8.28. The van der Waals surface area contributed by atoms with Gasteiger partial charge in [0.2, 0.25) is 0 Å². The molecule has 0 radical (unpaired) electrons. The number of nitrogen functional groups attached to an aromatic ring is 3. The molecule has 2 amide bonds. The van der Waals surface area contributed by atoms with Crippen LogP contribution in [0.3, 0.4) is 0 Å². The number of benzene rings is 6. The molecule has 15 rings (SSSR count). The number of ketones is 3. The van der Waals surface area contributed by atoms with E-state index in [2.05, 4.69) is 75.6 Å². The highest BCUT2D eigenvalue weighted by atomic mass is 19.4. The van der Waals surface area contributed by atoms with Crippen LogP contribution in [-0.4, -0.2) is 158 Å². The molecule has 6 aromatic heterocycles. The van der Waals surface area contributed by atoms with E-state index in [9.17, 15) is 78.8 Å². The normalized spacial score (nSPS) is 16.3. The highest BCUT2D eigenvalue weighted by Crippen LogP contribution is 2.39. The van der Waals surface area contributed by atoms with Crippen molar-refractivity contribution in [2.75, 3.05) is 43.4 Å². The lowest BCUT2D eigenvalue weighted by molar-refractivity contribution is -0.138. The highest BCUT2D eigenvalue weighted by Gasteiger charge is 2.38. The van der Waals surface area contributed by atoms with Gasteiger partial charge in [0.05, 0.1) is 57.1 Å². The number of aliphatic hydroxyl groups excluding tert-OH is 3. The lowest BCUT2D eigenvalue weighted by Crippen LogP contribution is -2.36. The smallest absolute Gasteiger partial charge is 0.393 e. The number of anilines is 3. The largest absolute Gasteiger partial charge is 0.416 e. The van der Waals surface area contributed by atoms with Crippen LogP contribution in [0.15, 0.2) is 128 Å². The van der Waals surface area contributed by atoms with Crippen LogP contribution in [0.4, 0.5) is 57.0 Å². The summed E-state index contributed by atoms with van der Waals surface area (Å²) in [5, 5.41) is 44.9. The molecule has 8 heterocycles. The number of aromatic nitrogens is 12. The minimum absolute atomic E-state index is 0.00819. The van der Waals surface area contributed by atoms with E-state index < -0.39 is 64.8 Å². The maximum Gasteiger partial charge on any atom is 0.416 e. The summed E-state index contributed by atoms with van der Waals surface area (Å²) in [6, 6.07) is 26.4. The third-order valence-corrected chi connectivity index (χ3v) is 22.5. The molecule has 4 atom stereocenters. The second-order valence-corrected chi connectivity index (χ2v) is 31.6. The highest BCUT2D eigenvalue weighted by molar-refractivity contribution is 6.00. The Labute approximate surface area is 716 Å². The number of aryl methyl sites for hydroxylation is 6. The zero-order chi connectivity index (χ0) is 90.7. The van der Waals surface area contributed by atoms with E-state index in [1.54, 1.807) is 67.7 Å². The SMILES string of the molecule is Cc1ccc(CC(=O)c2ccc(C)c(C(F)(F)F)c2)cc1C#Cc1nn(C2CCC(O)CC2)c2ncnc(N)c12.Cc1ccc(CC(=O)c2ccc(C)c(C(F)(F)F)c2)cc1C#Cc1nn([C@@H]2CCN(C(=O)[C@@H](C)O)C2)c2ncnc(N)c12.Cc1ccc(CC(=O)c2ccc(C)c(C(F)(F)F)c2)cc1C#Cc1nn([C@@H]2CCN(C(=O)[C@H](C)O)C2)c2ncnc(N)c12. The molecule has 6 aromatic carbocycles. The Hall–Kier alpha value is -13.8. The summed E-state index contributed by atoms with van der Waals surface area (Å²) in [5.74, 6) is 17.2. The quantitative estimate of drug-likeness (QED) is 0.0334. The van der Waals surface area contributed by atoms with Crippen molar-refractivity contribution in [1.82, 2.24) is 69.0 Å². The molecule has 126 heavy (non-hydrogen) atoms. The van der Waals surface area contributed by atoms with Crippen LogP contribution in [0, 0.1) is 77.1 Å². The van der Waals surface area contributed by atoms with Gasteiger partial charge in [-0.05, 0) is 198 Å². The van der Waals surface area contributed by atoms with Crippen molar-refractivity contribution in [3.05, 3.63) is 245 Å². The van der Waals surface area contributed by atoms with E-state index in [-0.39, 0.29) is 106 Å². The molecule has 0 spiro atoms. The van der Waals surface area contributed by atoms with Gasteiger partial charge in [-0.3, -0.25) is 24.0 Å². The average Bonchev–Trinajstić information content (AvgIpc) is 1.62. The molecule has 0 bridgehead atoms. The van der Waals surface area contributed by atoms with E-state index in [1.807, 2.05) is 31.5 Å². The molecule has 1 saturated carbocycles. The molecule has 25 nitrogen and oxygen atoms in total. The van der Waals surface area contributed by atoms with Crippen LogP contribution in [0.25, 0.3) is 33.1 Å². The number of Topliss-reactive ketones (excluding diaryl/α,β-unsaturated/α-hetero) is 3. The monoisotopic (exact) mass is 1730 g/mol. The molecule has 34 heteroatoms. The van der Waals surface area contributed by atoms with Gasteiger partial charge in [-0.25, -0.2) is 43.9 Å². The van der Waals surface area contributed by atoms with E-state index >= 15 is 0 Å². The van der Waals surface area contributed by atoms with Gasteiger partial charge in [-0.2, -0.15) is 54.8 Å². The molecule has 2 saturated heterocycles. The van der Waals surface area contributed by atoms with Crippen LogP contribution in [-0.2, 0) is 47.4 Å². The fourth-order valence-electron chi connectivity index (χ4n) is 15.4. The first kappa shape index (κ1) is 90.0. The van der Waals surface area contributed by atoms with Gasteiger partial charge in [0.25, 0.3) is 11.8 Å². The van der Waals surface area contributed by atoms with E-state index in [0.29, 0.717) is 135 Å². The fraction of sp³-hybridized carbons (Fsp3) is 0.326. The van der Waals surface area contributed by atoms with Crippen LogP contribution < -0.4 is 17.2 Å². The van der Waals surface area contributed by atoms with Crippen molar-refractivity contribution in [3.8, 4) is 35.5 Å². The molecule has 3 fully saturated rings. The van der Waals surface area contributed by atoms with Crippen molar-refractivity contribution in [2.45, 2.75) is 168 Å². The third kappa shape index (κ3) is 20.2. The average molecular weight is 1730 g/mol. The molecule has 650 valence electrons. The van der Waals surface area contributed by atoms with Crippen LogP contribution in [0.2, 0.25) is 0 Å². The number of fused-ring (bicyclic) bond motifs is 3. The number of carbonyl (C=O) groups excluding carboxylic acids is 5. The lowest BCUT2D eigenvalue weighted by atomic mass is 9.93. The van der Waals surface area contributed by atoms with Crippen molar-refractivity contribution in [2.24, 2.45) is 0 Å². The Balaban J connectivity index is 0.000000162. The number of halogens is 9. The van der Waals surface area contributed by atoms with Gasteiger partial charge >= 0.3 is 18.5 Å². The third-order valence-electron chi connectivity index (χ3n) is 22.5. The summed E-state index contributed by atoms with van der Waals surface area (Å²) in [7, 11) is 0. The second kappa shape index (κ2) is 37.0. The molecule has 9 N–H and O–H groups in total. The number of hydrogen-bond acceptors (Lipinski definition) is 20. The first-order valence-electron chi connectivity index (χ1n) is 40.2. The standard InChI is InChI=1S/2C31H29F3N6O3.C30H28F3N5O2/c2*1-17-4-6-20(13-26(42)22-7-5-18(2)24(14-22)31(32,33)34)12-21(17)8-9-25-27-28(35)36-16-37-29(27)40(38-25)23-10-11-39(15-23)30(43)19(3)41;1-17-3-5-19(14-26(40)21-6-4-18(2)24(15-21)30(31,32)33)13-20(17)7-12-25-27-28(34)35-16-36-29(27)38(37-25)22-8-10-23(39)11-9-22/h2*4-7,12,14,16,19,23,41H,10-11,13,15H2,1-3H3,(H2,35,36,37);3-6,13,15-16,22-23,39H,8-11,14H2,1-2H3,(H2,34,35,36)/t19-,23+;19-,23-;/m01./s1. The first-order valence-corrected chi connectivity index (χ1v) is 40.2. The number of rotatable bonds is 14. The summed E-state index contributed by atoms with van der Waals surface area (Å²) < 4.78 is 125. The van der Waals surface area contributed by atoms with E-state index in [4.69, 9.17) is 22.3 Å². The summed E-state index contributed by atoms with van der Waals surface area (Å²) in [5.41, 5.74) is 25.1. The van der Waals surface area contributed by atoms with Crippen molar-refractivity contribution in [3.63, 3.8) is 0 Å². The van der Waals surface area contributed by atoms with Gasteiger partial charge in [0.15, 0.2) is 34.3 Å². The Morgan fingerprint density at radius 1 is 0.397 bits per heavy atom. The summed E-state index contributed by atoms with van der Waals surface area (Å²) in [4.78, 5) is 91.9. The van der Waals surface area contributed by atoms with Crippen molar-refractivity contribution >= 4 is 79.7 Å². The first-order chi connectivity index (χ1) is 59.7. The molecule has 1 aliphatic carbocycles. The van der Waals surface area contributed by atoms with Gasteiger partial charge < -0.3 is 42.3 Å². The number of alkyl halides is 9. The van der Waals surface area contributed by atoms with Crippen LogP contribution in [0.5, 0.6) is 0 Å². The summed E-state index contributed by atoms with van der Waals surface area (Å²) in [6.45, 7) is 14.1. The summed E-state index contributed by atoms with van der Waals surface area (Å²) >= 11 is 0. The maximum absolute atomic E-state index is 13.4. The van der Waals surface area contributed by atoms with E-state index in [1.165, 1.54) is 90.0 Å². The molecule has 12 aromatic rings. The predicted octanol–water partition coefficient (Wildman–Crippen LogP) is 13.4. The number of carbonyl (C=O) groups is 5. The number of nitrogens with two attached hydrogens (primary N) is 3. The van der Waals surface area contributed by atoms with Gasteiger partial charge in [-0.15, -0.1) is 0 Å². The number of nitrogens with zero attached hydrogens (tertiary/aromatic N) is 14. The van der Waals surface area contributed by atoms with Gasteiger partial charge in [-0.1, -0.05) is 90.6 Å². The Kier molecular flexibility index (Phi) is 26.4. The molecular weight excluding hydrogens is 1640 g/mol. The molecular formula is C92H86F9N17O8. The second-order valence-electron chi connectivity index (χ2n) is 31.6. The topological polar surface area (TPSA) is 361 Å². The Morgan fingerprint density at radius 3 is 0.968 bits per heavy atom. The Bertz CT molecular complexity index is 6220. The molecule has 0 unspecified atom stereocenters. The predicted molar refractivity (Wildman–Crippen MR) is 451 cm³/mol. The van der Waals surface area contributed by atoms with Gasteiger partial charge in [0, 0.05) is 78.8 Å². The number of amides is 2. The van der Waals surface area contributed by atoms with Crippen molar-refractivity contribution in [1.29, 1.82) is 0 Å². The zero-order valence-corrected chi connectivity index (χ0v) is 69.6. The Morgan fingerprint density at radius 2 is 0.683 bits per heavy atom. The zero-order valence-electron chi connectivity index (χ0n) is 69.6. The van der Waals surface area contributed by atoms with Crippen molar-refractivity contribution < 1.29 is 78.8 Å².